The van der Waals surface area contributed by atoms with Gasteiger partial charge in [0, 0.05) is 12.6 Å². The van der Waals surface area contributed by atoms with Gasteiger partial charge >= 0.3 is 0 Å². The van der Waals surface area contributed by atoms with E-state index >= 15 is 0 Å². The number of halogens is 1. The number of imidazole rings is 1. The Morgan fingerprint density at radius 2 is 2.05 bits per heavy atom. The number of nitrogens with two attached hydrogens (primary N) is 1. The standard InChI is InChI=1S/C16H16FN3O/c1-2-20-14-8-7-11(17)9-13(14)19-16(20)10-21-15-6-4-3-5-12(15)18/h3-9H,2,10,18H2,1H3. The molecular weight excluding hydrogens is 269 g/mol. The molecule has 0 atom stereocenters. The molecule has 1 heterocycles. The van der Waals surface area contributed by atoms with Gasteiger partial charge in [0.15, 0.2) is 0 Å². The Labute approximate surface area is 122 Å². The van der Waals surface area contributed by atoms with Crippen LogP contribution in [0.3, 0.4) is 0 Å². The molecule has 0 aliphatic carbocycles. The van der Waals surface area contributed by atoms with Crippen LogP contribution in [0.2, 0.25) is 0 Å². The molecule has 0 bridgehead atoms. The molecule has 0 aliphatic rings. The van der Waals surface area contributed by atoms with Gasteiger partial charge in [0.05, 0.1) is 16.7 Å². The Morgan fingerprint density at radius 3 is 2.81 bits per heavy atom. The average molecular weight is 285 g/mol. The second-order valence-corrected chi connectivity index (χ2v) is 4.73. The summed E-state index contributed by atoms with van der Waals surface area (Å²) in [5, 5.41) is 0. The van der Waals surface area contributed by atoms with Crippen molar-refractivity contribution in [2.24, 2.45) is 0 Å². The highest BCUT2D eigenvalue weighted by atomic mass is 19.1. The monoisotopic (exact) mass is 285 g/mol. The van der Waals surface area contributed by atoms with Crippen LogP contribution in [-0.2, 0) is 13.2 Å². The van der Waals surface area contributed by atoms with E-state index in [4.69, 9.17) is 10.5 Å². The number of rotatable bonds is 4. The number of hydrogen-bond acceptors (Lipinski definition) is 3. The van der Waals surface area contributed by atoms with E-state index < -0.39 is 0 Å². The lowest BCUT2D eigenvalue weighted by molar-refractivity contribution is 0.292. The number of aryl methyl sites for hydroxylation is 1. The van der Waals surface area contributed by atoms with Gasteiger partial charge in [0.25, 0.3) is 0 Å². The largest absolute Gasteiger partial charge is 0.484 e. The normalized spacial score (nSPS) is 11.0. The average Bonchev–Trinajstić information content (AvgIpc) is 2.82. The van der Waals surface area contributed by atoms with Crippen LogP contribution < -0.4 is 10.5 Å². The number of nitrogen functional groups attached to an aromatic ring is 1. The lowest BCUT2D eigenvalue weighted by Gasteiger charge is -2.09. The van der Waals surface area contributed by atoms with E-state index in [9.17, 15) is 4.39 Å². The molecule has 2 N–H and O–H groups in total. The SMILES string of the molecule is CCn1c(COc2ccccc2N)nc2cc(F)ccc21. The lowest BCUT2D eigenvalue weighted by atomic mass is 10.3. The number of fused-ring (bicyclic) bond motifs is 1. The summed E-state index contributed by atoms with van der Waals surface area (Å²) in [6.45, 7) is 3.05. The van der Waals surface area contributed by atoms with E-state index in [1.54, 1.807) is 12.1 Å². The zero-order valence-electron chi connectivity index (χ0n) is 11.7. The first-order valence-corrected chi connectivity index (χ1v) is 6.81. The molecule has 0 amide bonds. The van der Waals surface area contributed by atoms with E-state index in [2.05, 4.69) is 4.98 Å². The highest BCUT2D eigenvalue weighted by Gasteiger charge is 2.11. The number of benzene rings is 2. The van der Waals surface area contributed by atoms with Crippen LogP contribution in [0.1, 0.15) is 12.7 Å². The summed E-state index contributed by atoms with van der Waals surface area (Å²) in [6.07, 6.45) is 0. The first-order chi connectivity index (χ1) is 10.2. The number of nitrogens with zero attached hydrogens (tertiary/aromatic N) is 2. The van der Waals surface area contributed by atoms with Gasteiger partial charge in [-0.1, -0.05) is 12.1 Å². The van der Waals surface area contributed by atoms with Gasteiger partial charge in [0.2, 0.25) is 0 Å². The van der Waals surface area contributed by atoms with Gasteiger partial charge in [0.1, 0.15) is 24.0 Å². The maximum atomic E-state index is 13.3. The molecule has 0 radical (unpaired) electrons. The number of ether oxygens (including phenoxy) is 1. The maximum Gasteiger partial charge on any atom is 0.147 e. The van der Waals surface area contributed by atoms with Crippen LogP contribution in [0, 0.1) is 5.82 Å². The molecule has 0 unspecified atom stereocenters. The van der Waals surface area contributed by atoms with Gasteiger partial charge < -0.3 is 15.0 Å². The predicted molar refractivity (Wildman–Crippen MR) is 80.6 cm³/mol. The van der Waals surface area contributed by atoms with Crippen LogP contribution in [0.25, 0.3) is 11.0 Å². The number of hydrogen-bond donors (Lipinski definition) is 1. The molecule has 0 fully saturated rings. The third kappa shape index (κ3) is 2.54. The van der Waals surface area contributed by atoms with Crippen molar-refractivity contribution in [2.75, 3.05) is 5.73 Å². The molecule has 4 nitrogen and oxygen atoms in total. The Morgan fingerprint density at radius 1 is 1.24 bits per heavy atom. The van der Waals surface area contributed by atoms with Crippen LogP contribution >= 0.6 is 0 Å². The first kappa shape index (κ1) is 13.4. The minimum Gasteiger partial charge on any atom is -0.484 e. The summed E-state index contributed by atoms with van der Waals surface area (Å²) in [7, 11) is 0. The fraction of sp³-hybridized carbons (Fsp3) is 0.188. The summed E-state index contributed by atoms with van der Waals surface area (Å²) in [5.74, 6) is 1.09. The van der Waals surface area contributed by atoms with E-state index in [-0.39, 0.29) is 5.82 Å². The van der Waals surface area contributed by atoms with Gasteiger partial charge in [-0.3, -0.25) is 0 Å². The first-order valence-electron chi connectivity index (χ1n) is 6.81. The van der Waals surface area contributed by atoms with Crippen molar-refractivity contribution in [3.8, 4) is 5.75 Å². The summed E-state index contributed by atoms with van der Waals surface area (Å²) >= 11 is 0. The highest BCUT2D eigenvalue weighted by Crippen LogP contribution is 2.23. The van der Waals surface area contributed by atoms with E-state index in [0.29, 0.717) is 23.6 Å². The zero-order chi connectivity index (χ0) is 14.8. The van der Waals surface area contributed by atoms with Crippen LogP contribution in [0.5, 0.6) is 5.75 Å². The third-order valence-corrected chi connectivity index (χ3v) is 3.38. The second-order valence-electron chi connectivity index (χ2n) is 4.73. The molecule has 21 heavy (non-hydrogen) atoms. The van der Waals surface area contributed by atoms with Crippen molar-refractivity contribution in [1.82, 2.24) is 9.55 Å². The molecule has 0 aliphatic heterocycles. The van der Waals surface area contributed by atoms with Crippen molar-refractivity contribution in [3.05, 3.63) is 54.1 Å². The van der Waals surface area contributed by atoms with Crippen molar-refractivity contribution in [1.29, 1.82) is 0 Å². The Balaban J connectivity index is 1.92. The molecule has 1 aromatic heterocycles. The van der Waals surface area contributed by atoms with Crippen LogP contribution in [0.4, 0.5) is 10.1 Å². The maximum absolute atomic E-state index is 13.3. The fourth-order valence-electron chi connectivity index (χ4n) is 2.37. The summed E-state index contributed by atoms with van der Waals surface area (Å²) in [6, 6.07) is 11.9. The van der Waals surface area contributed by atoms with Crippen molar-refractivity contribution in [2.45, 2.75) is 20.1 Å². The van der Waals surface area contributed by atoms with Gasteiger partial charge in [-0.15, -0.1) is 0 Å². The summed E-state index contributed by atoms with van der Waals surface area (Å²) in [4.78, 5) is 4.45. The second kappa shape index (κ2) is 5.44. The number of para-hydroxylation sites is 2. The molecule has 2 aromatic carbocycles. The molecule has 0 saturated carbocycles. The number of anilines is 1. The molecule has 0 spiro atoms. The predicted octanol–water partition coefficient (Wildman–Crippen LogP) is 3.36. The van der Waals surface area contributed by atoms with E-state index in [1.165, 1.54) is 12.1 Å². The lowest BCUT2D eigenvalue weighted by Crippen LogP contribution is -2.06. The van der Waals surface area contributed by atoms with Crippen molar-refractivity contribution in [3.63, 3.8) is 0 Å². The van der Waals surface area contributed by atoms with Gasteiger partial charge in [-0.25, -0.2) is 9.37 Å². The Hall–Kier alpha value is -2.56. The molecular formula is C16H16FN3O. The molecule has 0 saturated heterocycles. The zero-order valence-corrected chi connectivity index (χ0v) is 11.7. The number of aromatic nitrogens is 2. The van der Waals surface area contributed by atoms with Crippen molar-refractivity contribution < 1.29 is 9.13 Å². The topological polar surface area (TPSA) is 53.1 Å². The van der Waals surface area contributed by atoms with E-state index in [0.717, 1.165) is 17.9 Å². The molecule has 5 heteroatoms. The Bertz CT molecular complexity index is 782. The third-order valence-electron chi connectivity index (χ3n) is 3.38. The quantitative estimate of drug-likeness (QED) is 0.748. The molecule has 3 aromatic rings. The van der Waals surface area contributed by atoms with Crippen LogP contribution in [-0.4, -0.2) is 9.55 Å². The van der Waals surface area contributed by atoms with E-state index in [1.807, 2.05) is 29.7 Å². The van der Waals surface area contributed by atoms with Crippen LogP contribution in [0.15, 0.2) is 42.5 Å². The Kier molecular flexibility index (Phi) is 3.48. The smallest absolute Gasteiger partial charge is 0.147 e. The summed E-state index contributed by atoms with van der Waals surface area (Å²) in [5.41, 5.74) is 7.97. The van der Waals surface area contributed by atoms with Gasteiger partial charge in [-0.05, 0) is 31.2 Å². The minimum absolute atomic E-state index is 0.289. The molecule has 108 valence electrons. The highest BCUT2D eigenvalue weighted by molar-refractivity contribution is 5.76. The van der Waals surface area contributed by atoms with Crippen molar-refractivity contribution >= 4 is 16.7 Å². The summed E-state index contributed by atoms with van der Waals surface area (Å²) < 4.78 is 21.0. The fourth-order valence-corrected chi connectivity index (χ4v) is 2.37. The molecule has 3 rings (SSSR count). The minimum atomic E-state index is -0.289. The van der Waals surface area contributed by atoms with Gasteiger partial charge in [-0.2, -0.15) is 0 Å².